The smallest absolute Gasteiger partial charge is 0.247 e. The van der Waals surface area contributed by atoms with Crippen molar-refractivity contribution in [1.29, 1.82) is 0 Å². The fourth-order valence-electron chi connectivity index (χ4n) is 3.50. The molecule has 0 spiro atoms. The molecule has 1 atom stereocenters. The first-order valence-electron chi connectivity index (χ1n) is 7.63. The number of hydrogen-bond acceptors (Lipinski definition) is 2. The fourth-order valence-corrected chi connectivity index (χ4v) is 3.50. The first-order valence-corrected chi connectivity index (χ1v) is 7.63. The highest BCUT2D eigenvalue weighted by Gasteiger charge is 2.44. The van der Waals surface area contributed by atoms with Gasteiger partial charge in [0.1, 0.15) is 6.54 Å². The summed E-state index contributed by atoms with van der Waals surface area (Å²) >= 11 is 0. The Labute approximate surface area is 134 Å². The van der Waals surface area contributed by atoms with Crippen LogP contribution in [0.15, 0.2) is 61.2 Å². The van der Waals surface area contributed by atoms with Gasteiger partial charge in [0.15, 0.2) is 0 Å². The lowest BCUT2D eigenvalue weighted by atomic mass is 9.92. The maximum absolute atomic E-state index is 12.9. The van der Waals surface area contributed by atoms with Crippen LogP contribution in [0.25, 0.3) is 0 Å². The fraction of sp³-hybridized carbons (Fsp3) is 0.158. The highest BCUT2D eigenvalue weighted by molar-refractivity contribution is 6.18. The number of amides is 2. The van der Waals surface area contributed by atoms with E-state index < -0.39 is 0 Å². The Morgan fingerprint density at radius 2 is 1.87 bits per heavy atom. The summed E-state index contributed by atoms with van der Waals surface area (Å²) < 4.78 is 0. The van der Waals surface area contributed by atoms with E-state index in [1.807, 2.05) is 48.5 Å². The van der Waals surface area contributed by atoms with Gasteiger partial charge in [-0.05, 0) is 17.2 Å². The van der Waals surface area contributed by atoms with Crippen LogP contribution in [0.4, 0.5) is 11.4 Å². The molecule has 0 N–H and O–H groups in total. The number of anilines is 2. The van der Waals surface area contributed by atoms with Gasteiger partial charge < -0.3 is 4.90 Å². The highest BCUT2D eigenvalue weighted by atomic mass is 16.2. The summed E-state index contributed by atoms with van der Waals surface area (Å²) in [5.41, 5.74) is 3.60. The van der Waals surface area contributed by atoms with Crippen LogP contribution in [0.3, 0.4) is 0 Å². The molecule has 2 aliphatic heterocycles. The topological polar surface area (TPSA) is 40.6 Å². The van der Waals surface area contributed by atoms with Crippen LogP contribution >= 0.6 is 0 Å². The second kappa shape index (κ2) is 5.09. The maximum atomic E-state index is 12.9. The number of nitrogens with zero attached hydrogens (tertiary/aromatic N) is 2. The predicted octanol–water partition coefficient (Wildman–Crippen LogP) is 2.70. The van der Waals surface area contributed by atoms with Crippen LogP contribution < -0.4 is 9.80 Å². The van der Waals surface area contributed by atoms with E-state index in [4.69, 9.17) is 0 Å². The summed E-state index contributed by atoms with van der Waals surface area (Å²) in [7, 11) is 0. The van der Waals surface area contributed by atoms with E-state index in [1.165, 1.54) is 0 Å². The van der Waals surface area contributed by atoms with Gasteiger partial charge in [0.2, 0.25) is 11.8 Å². The third kappa shape index (κ3) is 1.91. The Kier molecular flexibility index (Phi) is 3.05. The van der Waals surface area contributed by atoms with E-state index in [1.54, 1.807) is 15.9 Å². The SMILES string of the molecule is C=CCN1C(=O)CN2C(=O)C(c3ccccc3)c3cccc1c32. The van der Waals surface area contributed by atoms with E-state index in [2.05, 4.69) is 6.58 Å². The molecule has 4 heteroatoms. The van der Waals surface area contributed by atoms with E-state index in [9.17, 15) is 9.59 Å². The van der Waals surface area contributed by atoms with E-state index in [-0.39, 0.29) is 24.3 Å². The number of hydrogen-bond donors (Lipinski definition) is 0. The van der Waals surface area contributed by atoms with Gasteiger partial charge in [0, 0.05) is 6.54 Å². The van der Waals surface area contributed by atoms with Crippen LogP contribution in [-0.2, 0) is 9.59 Å². The van der Waals surface area contributed by atoms with Crippen molar-refractivity contribution in [2.45, 2.75) is 5.92 Å². The number of benzene rings is 2. The Morgan fingerprint density at radius 3 is 2.61 bits per heavy atom. The van der Waals surface area contributed by atoms with Crippen LogP contribution in [-0.4, -0.2) is 24.9 Å². The molecule has 0 saturated carbocycles. The van der Waals surface area contributed by atoms with Crippen LogP contribution in [0.5, 0.6) is 0 Å². The zero-order valence-electron chi connectivity index (χ0n) is 12.6. The average Bonchev–Trinajstić information content (AvgIpc) is 2.85. The average molecular weight is 304 g/mol. The summed E-state index contributed by atoms with van der Waals surface area (Å²) in [4.78, 5) is 28.7. The van der Waals surface area contributed by atoms with Crippen molar-refractivity contribution in [2.24, 2.45) is 0 Å². The summed E-state index contributed by atoms with van der Waals surface area (Å²) in [5.74, 6) is -0.426. The zero-order valence-corrected chi connectivity index (χ0v) is 12.6. The summed E-state index contributed by atoms with van der Waals surface area (Å²) in [6, 6.07) is 15.5. The van der Waals surface area contributed by atoms with Gasteiger partial charge in [-0.2, -0.15) is 0 Å². The van der Waals surface area contributed by atoms with Gasteiger partial charge in [-0.3, -0.25) is 14.5 Å². The highest BCUT2D eigenvalue weighted by Crippen LogP contribution is 2.48. The molecule has 2 aliphatic rings. The molecule has 0 radical (unpaired) electrons. The lowest BCUT2D eigenvalue weighted by molar-refractivity contribution is -0.122. The quantitative estimate of drug-likeness (QED) is 0.818. The third-order valence-electron chi connectivity index (χ3n) is 4.47. The summed E-state index contributed by atoms with van der Waals surface area (Å²) in [6.45, 7) is 4.27. The van der Waals surface area contributed by atoms with Crippen molar-refractivity contribution in [3.05, 3.63) is 72.3 Å². The van der Waals surface area contributed by atoms with Crippen LogP contribution in [0.1, 0.15) is 17.0 Å². The molecule has 23 heavy (non-hydrogen) atoms. The molecule has 114 valence electrons. The number of para-hydroxylation sites is 1. The monoisotopic (exact) mass is 304 g/mol. The maximum Gasteiger partial charge on any atom is 0.247 e. The molecule has 0 aromatic heterocycles. The van der Waals surface area contributed by atoms with Gasteiger partial charge in [0.05, 0.1) is 17.3 Å². The van der Waals surface area contributed by atoms with E-state index >= 15 is 0 Å². The Hall–Kier alpha value is -2.88. The van der Waals surface area contributed by atoms with Crippen molar-refractivity contribution < 1.29 is 9.59 Å². The lowest BCUT2D eigenvalue weighted by Crippen LogP contribution is -2.46. The molecule has 0 saturated heterocycles. The molecule has 2 amide bonds. The summed E-state index contributed by atoms with van der Waals surface area (Å²) in [5, 5.41) is 0. The van der Waals surface area contributed by atoms with Crippen LogP contribution in [0.2, 0.25) is 0 Å². The molecule has 0 fully saturated rings. The van der Waals surface area contributed by atoms with Crippen molar-refractivity contribution in [1.82, 2.24) is 0 Å². The Morgan fingerprint density at radius 1 is 1.09 bits per heavy atom. The molecule has 2 aromatic rings. The number of carbonyl (C=O) groups excluding carboxylic acids is 2. The van der Waals surface area contributed by atoms with Gasteiger partial charge in [0.25, 0.3) is 0 Å². The first kappa shape index (κ1) is 13.8. The second-order valence-corrected chi connectivity index (χ2v) is 5.78. The molecule has 1 unspecified atom stereocenters. The molecule has 2 heterocycles. The van der Waals surface area contributed by atoms with Crippen molar-refractivity contribution in [3.8, 4) is 0 Å². The van der Waals surface area contributed by atoms with Crippen molar-refractivity contribution in [2.75, 3.05) is 22.9 Å². The van der Waals surface area contributed by atoms with Gasteiger partial charge >= 0.3 is 0 Å². The molecule has 4 rings (SSSR count). The van der Waals surface area contributed by atoms with Crippen LogP contribution in [0, 0.1) is 0 Å². The molecule has 0 bridgehead atoms. The van der Waals surface area contributed by atoms with E-state index in [0.717, 1.165) is 22.5 Å². The normalized spacial score (nSPS) is 19.0. The Balaban J connectivity index is 1.90. The minimum Gasteiger partial charge on any atom is -0.305 e. The second-order valence-electron chi connectivity index (χ2n) is 5.78. The van der Waals surface area contributed by atoms with Gasteiger partial charge in [-0.15, -0.1) is 6.58 Å². The number of carbonyl (C=O) groups is 2. The predicted molar refractivity (Wildman–Crippen MR) is 89.6 cm³/mol. The standard InChI is InChI=1S/C19H16N2O2/c1-2-11-20-15-10-6-9-14-17(13-7-4-3-5-8-13)19(23)21(18(14)15)12-16(20)22/h2-10,17H,1,11-12H2. The van der Waals surface area contributed by atoms with Crippen molar-refractivity contribution in [3.63, 3.8) is 0 Å². The molecule has 4 nitrogen and oxygen atoms in total. The molecular weight excluding hydrogens is 288 g/mol. The lowest BCUT2D eigenvalue weighted by Gasteiger charge is -2.33. The molecular formula is C19H16N2O2. The minimum atomic E-state index is -0.331. The third-order valence-corrected chi connectivity index (χ3v) is 4.47. The van der Waals surface area contributed by atoms with Crippen molar-refractivity contribution >= 4 is 23.2 Å². The minimum absolute atomic E-state index is 0.0229. The van der Waals surface area contributed by atoms with Gasteiger partial charge in [-0.1, -0.05) is 48.5 Å². The molecule has 0 aliphatic carbocycles. The molecule has 2 aromatic carbocycles. The Bertz CT molecular complexity index is 813. The van der Waals surface area contributed by atoms with E-state index in [0.29, 0.717) is 6.54 Å². The summed E-state index contributed by atoms with van der Waals surface area (Å²) in [6.07, 6.45) is 1.71. The zero-order chi connectivity index (χ0) is 16.0. The number of rotatable bonds is 3. The first-order chi connectivity index (χ1) is 11.2. The van der Waals surface area contributed by atoms with Gasteiger partial charge in [-0.25, -0.2) is 0 Å². The largest absolute Gasteiger partial charge is 0.305 e.